The number of carbonyl (C=O) groups excluding carboxylic acids is 2. The number of hydrogen-bond donors (Lipinski definition) is 3. The quantitative estimate of drug-likeness (QED) is 0.227. The van der Waals surface area contributed by atoms with Gasteiger partial charge in [-0.3, -0.25) is 9.59 Å². The van der Waals surface area contributed by atoms with E-state index in [1.165, 1.54) is 29.9 Å². The van der Waals surface area contributed by atoms with E-state index >= 15 is 0 Å². The molecule has 2 fully saturated rings. The first-order chi connectivity index (χ1) is 19.9. The fraction of sp³-hybridized carbons (Fsp3) is 0.296. The monoisotopic (exact) mass is 572 g/mol. The van der Waals surface area contributed by atoms with Crippen molar-refractivity contribution in [2.24, 2.45) is 5.73 Å². The van der Waals surface area contributed by atoms with Gasteiger partial charge in [0, 0.05) is 74.7 Å². The summed E-state index contributed by atoms with van der Waals surface area (Å²) in [6.45, 7) is 4.61. The summed E-state index contributed by atoms with van der Waals surface area (Å²) in [7, 11) is 0. The van der Waals surface area contributed by atoms with Gasteiger partial charge in [0.15, 0.2) is 11.6 Å². The number of piperazine rings is 1. The minimum Gasteiger partial charge on any atom is -0.398 e. The van der Waals surface area contributed by atoms with Crippen LogP contribution in [-0.4, -0.2) is 95.3 Å². The molecule has 210 valence electrons. The smallest absolute Gasteiger partial charge is 0.264 e. The molecule has 0 bridgehead atoms. The molecule has 2 saturated heterocycles. The Morgan fingerprint density at radius 1 is 1.00 bits per heavy atom. The summed E-state index contributed by atoms with van der Waals surface area (Å²) < 4.78 is 6.39. The Morgan fingerprint density at radius 2 is 1.73 bits per heavy atom. The molecule has 2 aliphatic rings. The summed E-state index contributed by atoms with van der Waals surface area (Å²) in [6.07, 6.45) is 4.04. The van der Waals surface area contributed by atoms with Crippen LogP contribution in [0.4, 0.5) is 17.5 Å². The molecule has 2 amide bonds. The highest BCUT2D eigenvalue weighted by atomic mass is 32.1. The average molecular weight is 573 g/mol. The SMILES string of the molecule is N=Cc1c(N)cccc1-c1nc(N2CCOCC2)c2sc(C(=O)N3CCN(c4ncc(C(N)=O)cn4)CC3)cc2n1. The number of anilines is 3. The second-order valence-corrected chi connectivity index (χ2v) is 10.7. The first kappa shape index (κ1) is 26.5. The fourth-order valence-electron chi connectivity index (χ4n) is 4.95. The number of nitrogens with zero attached hydrogens (tertiary/aromatic N) is 7. The molecule has 0 radical (unpaired) electrons. The van der Waals surface area contributed by atoms with Crippen molar-refractivity contribution in [2.75, 3.05) is 68.0 Å². The zero-order chi connectivity index (χ0) is 28.5. The molecule has 5 heterocycles. The Bertz CT molecular complexity index is 1630. The lowest BCUT2D eigenvalue weighted by molar-refractivity contribution is 0.0751. The molecule has 2 aliphatic heterocycles. The number of morpholine rings is 1. The van der Waals surface area contributed by atoms with Crippen molar-refractivity contribution in [3.8, 4) is 11.4 Å². The lowest BCUT2D eigenvalue weighted by Crippen LogP contribution is -2.49. The van der Waals surface area contributed by atoms with Gasteiger partial charge < -0.3 is 36.3 Å². The van der Waals surface area contributed by atoms with Gasteiger partial charge in [-0.2, -0.15) is 0 Å². The molecule has 0 spiro atoms. The maximum Gasteiger partial charge on any atom is 0.264 e. The van der Waals surface area contributed by atoms with E-state index < -0.39 is 5.91 Å². The average Bonchev–Trinajstić information content (AvgIpc) is 3.45. The molecule has 1 aromatic carbocycles. The number of rotatable bonds is 6. The van der Waals surface area contributed by atoms with E-state index in [-0.39, 0.29) is 11.5 Å². The number of nitrogens with two attached hydrogens (primary N) is 2. The van der Waals surface area contributed by atoms with Crippen LogP contribution in [0.3, 0.4) is 0 Å². The van der Waals surface area contributed by atoms with Crippen LogP contribution in [0.1, 0.15) is 25.6 Å². The number of aromatic nitrogens is 4. The van der Waals surface area contributed by atoms with Crippen molar-refractivity contribution in [1.82, 2.24) is 24.8 Å². The van der Waals surface area contributed by atoms with Crippen LogP contribution in [0.25, 0.3) is 21.6 Å². The Kier molecular flexibility index (Phi) is 7.15. The lowest BCUT2D eigenvalue weighted by Gasteiger charge is -2.34. The molecule has 6 rings (SSSR count). The molecule has 3 aromatic heterocycles. The molecule has 0 unspecified atom stereocenters. The van der Waals surface area contributed by atoms with Crippen molar-refractivity contribution >= 4 is 57.0 Å². The van der Waals surface area contributed by atoms with Crippen LogP contribution >= 0.6 is 11.3 Å². The zero-order valence-electron chi connectivity index (χ0n) is 22.1. The van der Waals surface area contributed by atoms with Crippen molar-refractivity contribution < 1.29 is 14.3 Å². The third kappa shape index (κ3) is 5.14. The third-order valence-corrected chi connectivity index (χ3v) is 8.28. The van der Waals surface area contributed by atoms with E-state index in [0.717, 1.165) is 10.5 Å². The van der Waals surface area contributed by atoms with Crippen LogP contribution in [0.2, 0.25) is 0 Å². The number of hydrogen-bond acceptors (Lipinski definition) is 12. The number of nitrogens with one attached hydrogen (secondary N) is 1. The normalized spacial score (nSPS) is 15.8. The van der Waals surface area contributed by atoms with Crippen molar-refractivity contribution in [3.05, 3.63) is 52.7 Å². The van der Waals surface area contributed by atoms with Crippen molar-refractivity contribution in [1.29, 1.82) is 5.41 Å². The topological polar surface area (TPSA) is 181 Å². The largest absolute Gasteiger partial charge is 0.398 e. The molecule has 0 aliphatic carbocycles. The summed E-state index contributed by atoms with van der Waals surface area (Å²) in [4.78, 5) is 49.7. The van der Waals surface area contributed by atoms with E-state index in [0.29, 0.717) is 91.5 Å². The van der Waals surface area contributed by atoms with Gasteiger partial charge in [0.25, 0.3) is 11.8 Å². The summed E-state index contributed by atoms with van der Waals surface area (Å²) in [5.74, 6) is 1.05. The van der Waals surface area contributed by atoms with Crippen LogP contribution in [0, 0.1) is 5.41 Å². The minimum atomic E-state index is -0.577. The second kappa shape index (κ2) is 11.1. The number of ether oxygens (including phenoxy) is 1. The molecule has 41 heavy (non-hydrogen) atoms. The van der Waals surface area contributed by atoms with Gasteiger partial charge in [-0.25, -0.2) is 19.9 Å². The Labute approximate surface area is 239 Å². The maximum absolute atomic E-state index is 13.6. The van der Waals surface area contributed by atoms with Gasteiger partial charge in [-0.05, 0) is 12.1 Å². The molecule has 5 N–H and O–H groups in total. The Morgan fingerprint density at radius 3 is 2.41 bits per heavy atom. The number of carbonyl (C=O) groups is 2. The molecular weight excluding hydrogens is 544 g/mol. The van der Waals surface area contributed by atoms with E-state index in [1.807, 2.05) is 28.0 Å². The van der Waals surface area contributed by atoms with Gasteiger partial charge in [-0.1, -0.05) is 12.1 Å². The summed E-state index contributed by atoms with van der Waals surface area (Å²) in [5, 5.41) is 7.89. The van der Waals surface area contributed by atoms with Crippen molar-refractivity contribution in [2.45, 2.75) is 0 Å². The predicted molar refractivity (Wildman–Crippen MR) is 157 cm³/mol. The summed E-state index contributed by atoms with van der Waals surface area (Å²) in [5.41, 5.74) is 14.0. The van der Waals surface area contributed by atoms with E-state index in [1.54, 1.807) is 6.07 Å². The van der Waals surface area contributed by atoms with E-state index in [2.05, 4.69) is 14.9 Å². The molecule has 0 saturated carbocycles. The van der Waals surface area contributed by atoms with Crippen LogP contribution in [-0.2, 0) is 4.74 Å². The summed E-state index contributed by atoms with van der Waals surface area (Å²) >= 11 is 1.39. The lowest BCUT2D eigenvalue weighted by atomic mass is 10.1. The standard InChI is InChI=1S/C27H28N10O3S/c28-13-18-17(2-1-3-19(18)29)24-33-20-12-21(41-22(20)25(34-24)35-8-10-40-11-9-35)26(39)36-4-6-37(7-5-36)27-31-14-16(15-32-27)23(30)38/h1-3,12-15,28H,4-11,29H2,(H2,30,38). The Hall–Kier alpha value is -4.69. The molecule has 14 heteroatoms. The van der Waals surface area contributed by atoms with Gasteiger partial charge in [0.1, 0.15) is 0 Å². The minimum absolute atomic E-state index is 0.0729. The number of primary amides is 1. The molecule has 4 aromatic rings. The zero-order valence-corrected chi connectivity index (χ0v) is 22.9. The van der Waals surface area contributed by atoms with Gasteiger partial charge in [0.2, 0.25) is 5.95 Å². The number of nitrogen functional groups attached to an aromatic ring is 1. The van der Waals surface area contributed by atoms with Gasteiger partial charge >= 0.3 is 0 Å². The first-order valence-corrected chi connectivity index (χ1v) is 13.9. The Balaban J connectivity index is 1.28. The molecule has 0 atom stereocenters. The highest BCUT2D eigenvalue weighted by molar-refractivity contribution is 7.21. The van der Waals surface area contributed by atoms with Gasteiger partial charge in [0.05, 0.1) is 33.9 Å². The second-order valence-electron chi connectivity index (χ2n) is 9.66. The fourth-order valence-corrected chi connectivity index (χ4v) is 6.03. The van der Waals surface area contributed by atoms with Gasteiger partial charge in [-0.15, -0.1) is 11.3 Å². The molecular formula is C27H28N10O3S. The van der Waals surface area contributed by atoms with E-state index in [4.69, 9.17) is 31.6 Å². The highest BCUT2D eigenvalue weighted by Gasteiger charge is 2.27. The predicted octanol–water partition coefficient (Wildman–Crippen LogP) is 1.63. The third-order valence-electron chi connectivity index (χ3n) is 7.17. The maximum atomic E-state index is 13.6. The molecule has 13 nitrogen and oxygen atoms in total. The number of amides is 2. The first-order valence-electron chi connectivity index (χ1n) is 13.1. The van der Waals surface area contributed by atoms with Crippen LogP contribution in [0.15, 0.2) is 36.7 Å². The number of benzene rings is 1. The number of fused-ring (bicyclic) bond motifs is 1. The van der Waals surface area contributed by atoms with Crippen molar-refractivity contribution in [3.63, 3.8) is 0 Å². The van der Waals surface area contributed by atoms with E-state index in [9.17, 15) is 9.59 Å². The highest BCUT2D eigenvalue weighted by Crippen LogP contribution is 2.36. The summed E-state index contributed by atoms with van der Waals surface area (Å²) in [6, 6.07) is 7.24. The van der Waals surface area contributed by atoms with Crippen LogP contribution < -0.4 is 21.3 Å². The number of thiophene rings is 1. The van der Waals surface area contributed by atoms with Crippen LogP contribution in [0.5, 0.6) is 0 Å².